The fourth-order valence-corrected chi connectivity index (χ4v) is 4.16. The molecule has 4 rings (SSSR count). The van der Waals surface area contributed by atoms with Crippen molar-refractivity contribution in [3.63, 3.8) is 0 Å². The lowest BCUT2D eigenvalue weighted by atomic mass is 9.98. The van der Waals surface area contributed by atoms with Crippen molar-refractivity contribution in [2.24, 2.45) is 5.92 Å². The van der Waals surface area contributed by atoms with Gasteiger partial charge in [-0.3, -0.25) is 9.48 Å². The van der Waals surface area contributed by atoms with E-state index in [1.807, 2.05) is 29.8 Å². The summed E-state index contributed by atoms with van der Waals surface area (Å²) in [5.74, 6) is 2.08. The summed E-state index contributed by atoms with van der Waals surface area (Å²) in [7, 11) is 0. The summed E-state index contributed by atoms with van der Waals surface area (Å²) >= 11 is 0. The topological polar surface area (TPSA) is 56.2 Å². The number of carbonyl (C=O) groups is 1. The molecule has 1 fully saturated rings. The summed E-state index contributed by atoms with van der Waals surface area (Å²) in [6.45, 7) is 9.81. The summed E-state index contributed by atoms with van der Waals surface area (Å²) < 4.78 is 8.02. The predicted molar refractivity (Wildman–Crippen MR) is 133 cm³/mol. The summed E-state index contributed by atoms with van der Waals surface area (Å²) in [6, 6.07) is 14.2. The standard InChI is InChI=1S/C28H35N3O2/c1-5-7-23-16-24(12-11-22(23)6-2)28(32)29-27-15-20(4)31(30-27)17-25-14-19(3)8-13-26(25)33-18-21-9-10-21/h8,11-16,21H,5-7,9-10,17-18H2,1-4H3,(H,29,30,32). The third kappa shape index (κ3) is 5.84. The van der Waals surface area contributed by atoms with E-state index in [0.717, 1.165) is 42.9 Å². The largest absolute Gasteiger partial charge is 0.493 e. The number of ether oxygens (including phenoxy) is 1. The zero-order valence-corrected chi connectivity index (χ0v) is 20.3. The van der Waals surface area contributed by atoms with Gasteiger partial charge in [0.15, 0.2) is 5.82 Å². The molecule has 0 radical (unpaired) electrons. The van der Waals surface area contributed by atoms with E-state index in [-0.39, 0.29) is 5.91 Å². The first-order chi connectivity index (χ1) is 16.0. The van der Waals surface area contributed by atoms with Gasteiger partial charge in [-0.05, 0) is 74.8 Å². The lowest BCUT2D eigenvalue weighted by Crippen LogP contribution is -2.14. The number of amides is 1. The van der Waals surface area contributed by atoms with E-state index in [9.17, 15) is 4.79 Å². The molecule has 0 unspecified atom stereocenters. The van der Waals surface area contributed by atoms with Crippen LogP contribution >= 0.6 is 0 Å². The maximum Gasteiger partial charge on any atom is 0.256 e. The Kier molecular flexibility index (Phi) is 7.17. The molecule has 1 aromatic heterocycles. The minimum absolute atomic E-state index is 0.122. The van der Waals surface area contributed by atoms with Crippen molar-refractivity contribution in [2.75, 3.05) is 11.9 Å². The van der Waals surface area contributed by atoms with E-state index in [0.29, 0.717) is 23.8 Å². The Bertz CT molecular complexity index is 1130. The molecule has 0 spiro atoms. The normalized spacial score (nSPS) is 13.2. The zero-order valence-electron chi connectivity index (χ0n) is 20.3. The van der Waals surface area contributed by atoms with E-state index >= 15 is 0 Å². The van der Waals surface area contributed by atoms with Crippen LogP contribution in [0.1, 0.15) is 71.4 Å². The highest BCUT2D eigenvalue weighted by molar-refractivity contribution is 6.03. The van der Waals surface area contributed by atoms with Crippen LogP contribution < -0.4 is 10.1 Å². The van der Waals surface area contributed by atoms with Crippen molar-refractivity contribution in [1.29, 1.82) is 0 Å². The fourth-order valence-electron chi connectivity index (χ4n) is 4.16. The first-order valence-electron chi connectivity index (χ1n) is 12.2. The number of nitrogens with zero attached hydrogens (tertiary/aromatic N) is 2. The second-order valence-corrected chi connectivity index (χ2v) is 9.24. The number of carbonyl (C=O) groups excluding carboxylic acids is 1. The van der Waals surface area contributed by atoms with Gasteiger partial charge in [0.25, 0.3) is 5.91 Å². The van der Waals surface area contributed by atoms with Crippen molar-refractivity contribution in [3.8, 4) is 5.75 Å². The maximum atomic E-state index is 12.9. The molecular weight excluding hydrogens is 410 g/mol. The van der Waals surface area contributed by atoms with Gasteiger partial charge in [0, 0.05) is 22.9 Å². The summed E-state index contributed by atoms with van der Waals surface area (Å²) in [5.41, 5.74) is 6.55. The molecule has 3 aromatic rings. The molecule has 1 saturated carbocycles. The molecule has 5 nitrogen and oxygen atoms in total. The minimum Gasteiger partial charge on any atom is -0.493 e. The SMILES string of the molecule is CCCc1cc(C(=O)Nc2cc(C)n(Cc3cc(C)ccc3OCC3CC3)n2)ccc1CC. The molecule has 0 atom stereocenters. The molecule has 5 heteroatoms. The lowest BCUT2D eigenvalue weighted by molar-refractivity contribution is 0.102. The highest BCUT2D eigenvalue weighted by Gasteiger charge is 2.22. The number of hydrogen-bond donors (Lipinski definition) is 1. The van der Waals surface area contributed by atoms with Gasteiger partial charge in [0.05, 0.1) is 13.2 Å². The number of hydrogen-bond acceptors (Lipinski definition) is 3. The molecule has 1 aliphatic carbocycles. The van der Waals surface area contributed by atoms with Crippen LogP contribution in [-0.2, 0) is 19.4 Å². The number of aromatic nitrogens is 2. The van der Waals surface area contributed by atoms with E-state index in [4.69, 9.17) is 4.74 Å². The Hall–Kier alpha value is -3.08. The van der Waals surface area contributed by atoms with Crippen molar-refractivity contribution >= 4 is 11.7 Å². The second kappa shape index (κ2) is 10.2. The molecule has 1 aliphatic rings. The highest BCUT2D eigenvalue weighted by atomic mass is 16.5. The van der Waals surface area contributed by atoms with E-state index in [1.165, 1.54) is 29.5 Å². The fraction of sp³-hybridized carbons (Fsp3) is 0.429. The van der Waals surface area contributed by atoms with Crippen molar-refractivity contribution < 1.29 is 9.53 Å². The second-order valence-electron chi connectivity index (χ2n) is 9.24. The summed E-state index contributed by atoms with van der Waals surface area (Å²) in [4.78, 5) is 12.9. The third-order valence-electron chi connectivity index (χ3n) is 6.30. The Morgan fingerprint density at radius 1 is 1.06 bits per heavy atom. The van der Waals surface area contributed by atoms with Gasteiger partial charge in [-0.2, -0.15) is 5.10 Å². The quantitative estimate of drug-likeness (QED) is 0.410. The number of nitrogens with one attached hydrogen (secondary N) is 1. The van der Waals surface area contributed by atoms with Crippen LogP contribution in [0.25, 0.3) is 0 Å². The maximum absolute atomic E-state index is 12.9. The zero-order chi connectivity index (χ0) is 23.4. The monoisotopic (exact) mass is 445 g/mol. The van der Waals surface area contributed by atoms with Gasteiger partial charge in [-0.15, -0.1) is 0 Å². The molecule has 2 aromatic carbocycles. The Morgan fingerprint density at radius 3 is 2.61 bits per heavy atom. The summed E-state index contributed by atoms with van der Waals surface area (Å²) in [5, 5.41) is 7.65. The van der Waals surface area contributed by atoms with E-state index in [2.05, 4.69) is 55.5 Å². The molecule has 1 heterocycles. The van der Waals surface area contributed by atoms with Crippen molar-refractivity contribution in [1.82, 2.24) is 9.78 Å². The van der Waals surface area contributed by atoms with Crippen molar-refractivity contribution in [3.05, 3.63) is 76.0 Å². The highest BCUT2D eigenvalue weighted by Crippen LogP contribution is 2.31. The molecule has 33 heavy (non-hydrogen) atoms. The van der Waals surface area contributed by atoms with E-state index in [1.54, 1.807) is 0 Å². The smallest absolute Gasteiger partial charge is 0.256 e. The first-order valence-corrected chi connectivity index (χ1v) is 12.2. The molecule has 174 valence electrons. The van der Waals surface area contributed by atoms with Crippen LogP contribution in [0.15, 0.2) is 42.5 Å². The van der Waals surface area contributed by atoms with Crippen LogP contribution in [-0.4, -0.2) is 22.3 Å². The number of anilines is 1. The Labute approximate surface area is 197 Å². The Morgan fingerprint density at radius 2 is 1.88 bits per heavy atom. The first kappa shape index (κ1) is 23.1. The number of aryl methyl sites for hydroxylation is 4. The van der Waals surface area contributed by atoms with Crippen LogP contribution in [0.4, 0.5) is 5.82 Å². The molecule has 0 saturated heterocycles. The lowest BCUT2D eigenvalue weighted by Gasteiger charge is -2.13. The molecule has 1 amide bonds. The van der Waals surface area contributed by atoms with Gasteiger partial charge in [0.1, 0.15) is 5.75 Å². The van der Waals surface area contributed by atoms with Crippen LogP contribution in [0.3, 0.4) is 0 Å². The van der Waals surface area contributed by atoms with Crippen molar-refractivity contribution in [2.45, 2.75) is 66.3 Å². The average molecular weight is 446 g/mol. The molecule has 1 N–H and O–H groups in total. The molecule has 0 aliphatic heterocycles. The number of rotatable bonds is 10. The molecule has 0 bridgehead atoms. The predicted octanol–water partition coefficient (Wildman–Crippen LogP) is 6.10. The van der Waals surface area contributed by atoms with Crippen LogP contribution in [0.2, 0.25) is 0 Å². The molecular formula is C28H35N3O2. The van der Waals surface area contributed by atoms with Crippen LogP contribution in [0.5, 0.6) is 5.75 Å². The van der Waals surface area contributed by atoms with Gasteiger partial charge < -0.3 is 10.1 Å². The average Bonchev–Trinajstić information content (AvgIpc) is 3.56. The summed E-state index contributed by atoms with van der Waals surface area (Å²) in [6.07, 6.45) is 5.56. The van der Waals surface area contributed by atoms with Gasteiger partial charge in [0.2, 0.25) is 0 Å². The van der Waals surface area contributed by atoms with Gasteiger partial charge >= 0.3 is 0 Å². The minimum atomic E-state index is -0.122. The third-order valence-corrected chi connectivity index (χ3v) is 6.30. The number of benzene rings is 2. The van der Waals surface area contributed by atoms with E-state index < -0.39 is 0 Å². The van der Waals surface area contributed by atoms with Crippen LogP contribution in [0, 0.1) is 19.8 Å². The Balaban J connectivity index is 1.48. The van der Waals surface area contributed by atoms with Gasteiger partial charge in [-0.1, -0.05) is 44.0 Å². The van der Waals surface area contributed by atoms with Gasteiger partial charge in [-0.25, -0.2) is 0 Å².